The molecule has 0 amide bonds. The fourth-order valence-corrected chi connectivity index (χ4v) is 6.65. The van der Waals surface area contributed by atoms with E-state index >= 15 is 0 Å². The Balaban J connectivity index is 4.18. The van der Waals surface area contributed by atoms with Crippen LogP contribution in [0.4, 0.5) is 0 Å². The number of carbonyl (C=O) groups excluding carboxylic acids is 2. The first-order valence-electron chi connectivity index (χ1n) is 22.8. The molecule has 8 heteroatoms. The van der Waals surface area contributed by atoms with E-state index in [9.17, 15) is 14.8 Å². The Morgan fingerprint density at radius 3 is 0.865 bits per heavy atom. The Morgan fingerprint density at radius 1 is 0.346 bits per heavy atom. The second-order valence-corrected chi connectivity index (χ2v) is 15.4. The fourth-order valence-electron chi connectivity index (χ4n) is 6.65. The normalized spacial score (nSPS) is 11.7. The Bertz CT molecular complexity index is 663. The largest absolute Gasteiger partial charge is 0.368 e. The van der Waals surface area contributed by atoms with Crippen LogP contribution < -0.4 is 0 Å². The van der Waals surface area contributed by atoms with Gasteiger partial charge in [0.1, 0.15) is 0 Å². The Kier molecular flexibility index (Phi) is 40.0. The Hall–Kier alpha value is -1.22. The molecule has 0 spiro atoms. The van der Waals surface area contributed by atoms with Crippen LogP contribution in [0.3, 0.4) is 0 Å². The van der Waals surface area contributed by atoms with E-state index in [0.717, 1.165) is 90.4 Å². The van der Waals surface area contributed by atoms with Crippen molar-refractivity contribution in [3.8, 4) is 0 Å². The number of hydrogen-bond donors (Lipinski definition) is 1. The summed E-state index contributed by atoms with van der Waals surface area (Å²) < 4.78 is 0. The monoisotopic (exact) mass is 740 g/mol. The summed E-state index contributed by atoms with van der Waals surface area (Å²) in [6.45, 7) is 13.5. The minimum atomic E-state index is -0.121. The average molecular weight is 740 g/mol. The van der Waals surface area contributed by atoms with Crippen molar-refractivity contribution >= 4 is 11.9 Å². The highest BCUT2D eigenvalue weighted by molar-refractivity contribution is 5.69. The van der Waals surface area contributed by atoms with Gasteiger partial charge in [0.2, 0.25) is 0 Å². The van der Waals surface area contributed by atoms with Gasteiger partial charge < -0.3 is 14.9 Å². The van der Waals surface area contributed by atoms with Gasteiger partial charge in [-0.2, -0.15) is 5.06 Å². The van der Waals surface area contributed by atoms with Crippen LogP contribution in [0.15, 0.2) is 0 Å². The zero-order valence-electron chi connectivity index (χ0n) is 35.3. The third-order valence-electron chi connectivity index (χ3n) is 10.1. The maximum absolute atomic E-state index is 12.6. The molecule has 0 saturated carbocycles. The summed E-state index contributed by atoms with van der Waals surface area (Å²) in [6, 6.07) is 0. The highest BCUT2D eigenvalue weighted by Gasteiger charge is 2.14. The van der Waals surface area contributed by atoms with Crippen molar-refractivity contribution in [2.24, 2.45) is 0 Å². The van der Waals surface area contributed by atoms with Gasteiger partial charge in [-0.1, -0.05) is 169 Å². The molecule has 0 saturated heterocycles. The van der Waals surface area contributed by atoms with Crippen LogP contribution in [0.5, 0.6) is 0 Å². The maximum atomic E-state index is 12.6. The molecule has 0 heterocycles. The lowest BCUT2D eigenvalue weighted by Gasteiger charge is -2.21. The zero-order valence-corrected chi connectivity index (χ0v) is 35.3. The Labute approximate surface area is 323 Å². The molecule has 0 aromatic rings. The molecule has 0 fully saturated rings. The molecule has 0 radical (unpaired) electrons. The van der Waals surface area contributed by atoms with Crippen molar-refractivity contribution in [3.63, 3.8) is 0 Å². The van der Waals surface area contributed by atoms with Gasteiger partial charge in [-0.15, -0.1) is 10.1 Å². The lowest BCUT2D eigenvalue weighted by atomic mass is 10.1. The number of hydrogen-bond acceptors (Lipinski definition) is 8. The van der Waals surface area contributed by atoms with Crippen LogP contribution in [0.2, 0.25) is 0 Å². The summed E-state index contributed by atoms with van der Waals surface area (Å²) in [4.78, 5) is 36.9. The summed E-state index contributed by atoms with van der Waals surface area (Å²) in [6.07, 6.45) is 35.6. The molecule has 0 bridgehead atoms. The molecular weight excluding hydrogens is 650 g/mol. The predicted octanol–water partition coefficient (Wildman–Crippen LogP) is 12.8. The van der Waals surface area contributed by atoms with Gasteiger partial charge in [0.05, 0.1) is 0 Å². The van der Waals surface area contributed by atoms with Crippen LogP contribution in [0, 0.1) is 0 Å². The number of hydroxylamine groups is 6. The molecule has 1 N–H and O–H groups in total. The van der Waals surface area contributed by atoms with E-state index in [-0.39, 0.29) is 11.9 Å². The summed E-state index contributed by atoms with van der Waals surface area (Å²) >= 11 is 0. The predicted molar refractivity (Wildman–Crippen MR) is 219 cm³/mol. The lowest BCUT2D eigenvalue weighted by Crippen LogP contribution is -2.29. The number of unbranched alkanes of at least 4 members (excludes halogenated alkanes) is 24. The second-order valence-electron chi connectivity index (χ2n) is 15.4. The second kappa shape index (κ2) is 41.0. The van der Waals surface area contributed by atoms with Gasteiger partial charge in [0, 0.05) is 52.1 Å². The summed E-state index contributed by atoms with van der Waals surface area (Å²) in [5, 5.41) is 15.6. The zero-order chi connectivity index (χ0) is 38.2. The first-order chi connectivity index (χ1) is 25.5. The van der Waals surface area contributed by atoms with E-state index in [2.05, 4.69) is 27.7 Å². The van der Waals surface area contributed by atoms with Crippen molar-refractivity contribution < 1.29 is 24.5 Å². The van der Waals surface area contributed by atoms with Crippen LogP contribution in [0.1, 0.15) is 233 Å². The smallest absolute Gasteiger partial charge is 0.325 e. The summed E-state index contributed by atoms with van der Waals surface area (Å²) in [7, 11) is 0. The number of carbonyl (C=O) groups is 2. The SMILES string of the molecule is CCCCCCCCN(CCCCCCCC)OC(=O)CCCCCN(O)CCCCCC(=O)ON(CCCCCCCC)CCCCCCCC. The standard InChI is InChI=1S/C44H89N3O5/c1-5-9-13-17-21-31-39-46(40-32-22-18-14-10-6-2)51-43(48)35-27-25-29-37-45(50)38-30-26-28-36-44(49)52-47(41-33-23-19-15-11-7-3)42-34-24-20-16-12-8-4/h50H,5-42H2,1-4H3. The van der Waals surface area contributed by atoms with Crippen molar-refractivity contribution in [1.29, 1.82) is 0 Å². The average Bonchev–Trinajstić information content (AvgIpc) is 3.13. The third kappa shape index (κ3) is 37.1. The van der Waals surface area contributed by atoms with Gasteiger partial charge in [0.15, 0.2) is 0 Å². The molecule has 0 aliphatic carbocycles. The first-order valence-corrected chi connectivity index (χ1v) is 22.8. The number of rotatable bonds is 42. The van der Waals surface area contributed by atoms with Crippen molar-refractivity contribution in [2.45, 2.75) is 233 Å². The van der Waals surface area contributed by atoms with Crippen LogP contribution in [0.25, 0.3) is 0 Å². The van der Waals surface area contributed by atoms with E-state index < -0.39 is 0 Å². The molecule has 8 nitrogen and oxygen atoms in total. The van der Waals surface area contributed by atoms with E-state index in [0.29, 0.717) is 25.9 Å². The summed E-state index contributed by atoms with van der Waals surface area (Å²) in [5.74, 6) is -0.242. The van der Waals surface area contributed by atoms with E-state index in [1.54, 1.807) is 0 Å². The highest BCUT2D eigenvalue weighted by atomic mass is 16.7. The Morgan fingerprint density at radius 2 is 0.577 bits per heavy atom. The number of nitrogens with zero attached hydrogens (tertiary/aromatic N) is 3. The lowest BCUT2D eigenvalue weighted by molar-refractivity contribution is -0.192. The minimum Gasteiger partial charge on any atom is -0.368 e. The van der Waals surface area contributed by atoms with E-state index in [1.807, 2.05) is 10.1 Å². The molecule has 0 aromatic heterocycles. The van der Waals surface area contributed by atoms with Crippen LogP contribution in [-0.4, -0.2) is 71.6 Å². The van der Waals surface area contributed by atoms with Crippen molar-refractivity contribution in [2.75, 3.05) is 39.3 Å². The highest BCUT2D eigenvalue weighted by Crippen LogP contribution is 2.13. The molecule has 52 heavy (non-hydrogen) atoms. The molecule has 0 aromatic carbocycles. The maximum Gasteiger partial charge on any atom is 0.325 e. The minimum absolute atomic E-state index is 0.121. The van der Waals surface area contributed by atoms with Crippen molar-refractivity contribution in [1.82, 2.24) is 15.2 Å². The van der Waals surface area contributed by atoms with Crippen LogP contribution >= 0.6 is 0 Å². The van der Waals surface area contributed by atoms with Gasteiger partial charge >= 0.3 is 11.9 Å². The van der Waals surface area contributed by atoms with Gasteiger partial charge in [-0.25, -0.2) is 0 Å². The van der Waals surface area contributed by atoms with E-state index in [4.69, 9.17) is 9.68 Å². The quantitative estimate of drug-likeness (QED) is 0.0489. The molecule has 0 aliphatic heterocycles. The van der Waals surface area contributed by atoms with Gasteiger partial charge in [-0.3, -0.25) is 9.59 Å². The first kappa shape index (κ1) is 50.8. The molecule has 0 aliphatic rings. The third-order valence-corrected chi connectivity index (χ3v) is 10.1. The van der Waals surface area contributed by atoms with Gasteiger partial charge in [0.25, 0.3) is 0 Å². The topological polar surface area (TPSA) is 82.6 Å². The summed E-state index contributed by atoms with van der Waals surface area (Å²) in [5.41, 5.74) is 0. The molecule has 310 valence electrons. The van der Waals surface area contributed by atoms with Crippen LogP contribution in [-0.2, 0) is 19.3 Å². The van der Waals surface area contributed by atoms with Gasteiger partial charge in [-0.05, 0) is 51.4 Å². The van der Waals surface area contributed by atoms with Crippen molar-refractivity contribution in [3.05, 3.63) is 0 Å². The molecule has 0 rings (SSSR count). The molecular formula is C44H89N3O5. The molecule has 0 atom stereocenters. The fraction of sp³-hybridized carbons (Fsp3) is 0.955. The molecule has 0 unspecified atom stereocenters. The van der Waals surface area contributed by atoms with E-state index in [1.165, 1.54) is 133 Å².